The number of benzene rings is 1. The maximum absolute atomic E-state index is 5.33. The SMILES string of the molecule is CNc1cc(-c2ccccc2OC)nc(C)n1. The highest BCUT2D eigenvalue weighted by molar-refractivity contribution is 5.69. The molecular weight excluding hydrogens is 214 g/mol. The van der Waals surface area contributed by atoms with Crippen molar-refractivity contribution in [2.45, 2.75) is 6.92 Å². The van der Waals surface area contributed by atoms with Crippen LogP contribution in [0.1, 0.15) is 5.82 Å². The molecule has 0 aliphatic rings. The average Bonchev–Trinajstić information content (AvgIpc) is 2.37. The van der Waals surface area contributed by atoms with E-state index in [0.717, 1.165) is 28.6 Å². The lowest BCUT2D eigenvalue weighted by atomic mass is 10.1. The summed E-state index contributed by atoms with van der Waals surface area (Å²) in [5, 5.41) is 3.02. The number of rotatable bonds is 3. The summed E-state index contributed by atoms with van der Waals surface area (Å²) in [7, 11) is 3.50. The van der Waals surface area contributed by atoms with Gasteiger partial charge in [0.05, 0.1) is 12.8 Å². The van der Waals surface area contributed by atoms with Crippen LogP contribution >= 0.6 is 0 Å². The molecule has 88 valence electrons. The van der Waals surface area contributed by atoms with Gasteiger partial charge >= 0.3 is 0 Å². The fraction of sp³-hybridized carbons (Fsp3) is 0.231. The van der Waals surface area contributed by atoms with E-state index >= 15 is 0 Å². The molecule has 2 rings (SSSR count). The van der Waals surface area contributed by atoms with E-state index < -0.39 is 0 Å². The minimum Gasteiger partial charge on any atom is -0.496 e. The lowest BCUT2D eigenvalue weighted by Crippen LogP contribution is -1.99. The van der Waals surface area contributed by atoms with Gasteiger partial charge in [-0.05, 0) is 19.1 Å². The molecule has 0 saturated heterocycles. The standard InChI is InChI=1S/C13H15N3O/c1-9-15-11(8-13(14-2)16-9)10-6-4-5-7-12(10)17-3/h4-8H,1-3H3,(H,14,15,16). The zero-order valence-corrected chi connectivity index (χ0v) is 10.2. The largest absolute Gasteiger partial charge is 0.496 e. The Bertz CT molecular complexity index is 526. The number of ether oxygens (including phenoxy) is 1. The molecule has 0 aliphatic carbocycles. The second-order valence-electron chi connectivity index (χ2n) is 3.64. The Morgan fingerprint density at radius 1 is 1.18 bits per heavy atom. The van der Waals surface area contributed by atoms with Gasteiger partial charge in [0.25, 0.3) is 0 Å². The molecule has 1 N–H and O–H groups in total. The summed E-state index contributed by atoms with van der Waals surface area (Å²) in [6, 6.07) is 9.72. The number of aromatic nitrogens is 2. The Hall–Kier alpha value is -2.10. The number of hydrogen-bond donors (Lipinski definition) is 1. The first-order chi connectivity index (χ1) is 8.24. The minimum atomic E-state index is 0.734. The Kier molecular flexibility index (Phi) is 3.23. The molecular formula is C13H15N3O. The van der Waals surface area contributed by atoms with Gasteiger partial charge in [-0.2, -0.15) is 0 Å². The van der Waals surface area contributed by atoms with Crippen LogP contribution in [0.3, 0.4) is 0 Å². The minimum absolute atomic E-state index is 0.734. The summed E-state index contributed by atoms with van der Waals surface area (Å²) in [5.41, 5.74) is 1.83. The Labute approximate surface area is 101 Å². The van der Waals surface area contributed by atoms with Crippen molar-refractivity contribution < 1.29 is 4.74 Å². The Morgan fingerprint density at radius 2 is 1.94 bits per heavy atom. The van der Waals surface area contributed by atoms with Crippen LogP contribution in [0.2, 0.25) is 0 Å². The number of nitrogens with zero attached hydrogens (tertiary/aromatic N) is 2. The van der Waals surface area contributed by atoms with E-state index in [1.165, 1.54) is 0 Å². The predicted octanol–water partition coefficient (Wildman–Crippen LogP) is 2.50. The molecule has 0 spiro atoms. The van der Waals surface area contributed by atoms with Gasteiger partial charge in [-0.25, -0.2) is 9.97 Å². The molecule has 0 amide bonds. The second-order valence-corrected chi connectivity index (χ2v) is 3.64. The molecule has 1 aromatic heterocycles. The van der Waals surface area contributed by atoms with E-state index in [0.29, 0.717) is 0 Å². The maximum atomic E-state index is 5.33. The topological polar surface area (TPSA) is 47.0 Å². The third-order valence-corrected chi connectivity index (χ3v) is 2.48. The average molecular weight is 229 g/mol. The van der Waals surface area contributed by atoms with Gasteiger partial charge in [-0.3, -0.25) is 0 Å². The zero-order chi connectivity index (χ0) is 12.3. The van der Waals surface area contributed by atoms with E-state index in [-0.39, 0.29) is 0 Å². The van der Waals surface area contributed by atoms with Crippen LogP contribution in [0, 0.1) is 6.92 Å². The third-order valence-electron chi connectivity index (χ3n) is 2.48. The predicted molar refractivity (Wildman–Crippen MR) is 68.3 cm³/mol. The molecule has 2 aromatic rings. The lowest BCUT2D eigenvalue weighted by molar-refractivity contribution is 0.416. The van der Waals surface area contributed by atoms with Gasteiger partial charge in [0.2, 0.25) is 0 Å². The van der Waals surface area contributed by atoms with E-state index in [4.69, 9.17) is 4.74 Å². The van der Waals surface area contributed by atoms with E-state index in [2.05, 4.69) is 15.3 Å². The van der Waals surface area contributed by atoms with Crippen molar-refractivity contribution in [3.05, 3.63) is 36.2 Å². The van der Waals surface area contributed by atoms with Crippen molar-refractivity contribution in [3.8, 4) is 17.0 Å². The molecule has 0 radical (unpaired) electrons. The molecule has 0 unspecified atom stereocenters. The van der Waals surface area contributed by atoms with E-state index in [9.17, 15) is 0 Å². The van der Waals surface area contributed by atoms with Gasteiger partial charge in [-0.1, -0.05) is 12.1 Å². The Morgan fingerprint density at radius 3 is 2.65 bits per heavy atom. The van der Waals surface area contributed by atoms with Crippen LogP contribution in [0.5, 0.6) is 5.75 Å². The number of methoxy groups -OCH3 is 1. The molecule has 0 atom stereocenters. The summed E-state index contributed by atoms with van der Waals surface area (Å²) in [6.45, 7) is 1.87. The highest BCUT2D eigenvalue weighted by atomic mass is 16.5. The smallest absolute Gasteiger partial charge is 0.130 e. The van der Waals surface area contributed by atoms with Crippen molar-refractivity contribution in [2.75, 3.05) is 19.5 Å². The second kappa shape index (κ2) is 4.82. The van der Waals surface area contributed by atoms with Crippen LogP contribution in [0.15, 0.2) is 30.3 Å². The van der Waals surface area contributed by atoms with Crippen LogP contribution < -0.4 is 10.1 Å². The van der Waals surface area contributed by atoms with Crippen molar-refractivity contribution in [2.24, 2.45) is 0 Å². The number of aryl methyl sites for hydroxylation is 1. The summed E-state index contributed by atoms with van der Waals surface area (Å²) < 4.78 is 5.33. The normalized spacial score (nSPS) is 10.1. The van der Waals surface area contributed by atoms with Crippen molar-refractivity contribution >= 4 is 5.82 Å². The Balaban J connectivity index is 2.55. The molecule has 4 heteroatoms. The molecule has 4 nitrogen and oxygen atoms in total. The first kappa shape index (κ1) is 11.4. The van der Waals surface area contributed by atoms with Gasteiger partial charge in [0.1, 0.15) is 17.4 Å². The molecule has 17 heavy (non-hydrogen) atoms. The molecule has 0 bridgehead atoms. The van der Waals surface area contributed by atoms with Crippen LogP contribution in [-0.4, -0.2) is 24.1 Å². The van der Waals surface area contributed by atoms with Gasteiger partial charge in [0, 0.05) is 18.7 Å². The molecule has 0 fully saturated rings. The highest BCUT2D eigenvalue weighted by Gasteiger charge is 2.08. The summed E-state index contributed by atoms with van der Waals surface area (Å²) in [4.78, 5) is 8.70. The van der Waals surface area contributed by atoms with Gasteiger partial charge < -0.3 is 10.1 Å². The number of nitrogens with one attached hydrogen (secondary N) is 1. The van der Waals surface area contributed by atoms with E-state index in [1.54, 1.807) is 7.11 Å². The fourth-order valence-electron chi connectivity index (χ4n) is 1.69. The molecule has 1 heterocycles. The third kappa shape index (κ3) is 2.36. The summed E-state index contributed by atoms with van der Waals surface area (Å²) in [6.07, 6.45) is 0. The first-order valence-corrected chi connectivity index (χ1v) is 5.41. The van der Waals surface area contributed by atoms with Crippen LogP contribution in [0.25, 0.3) is 11.3 Å². The van der Waals surface area contributed by atoms with Gasteiger partial charge in [0.15, 0.2) is 0 Å². The van der Waals surface area contributed by atoms with Crippen molar-refractivity contribution in [1.29, 1.82) is 0 Å². The number of para-hydroxylation sites is 1. The summed E-state index contributed by atoms with van der Waals surface area (Å²) >= 11 is 0. The molecule has 0 saturated carbocycles. The number of anilines is 1. The number of hydrogen-bond acceptors (Lipinski definition) is 4. The van der Waals surface area contributed by atoms with Crippen molar-refractivity contribution in [3.63, 3.8) is 0 Å². The highest BCUT2D eigenvalue weighted by Crippen LogP contribution is 2.29. The molecule has 0 aliphatic heterocycles. The van der Waals surface area contributed by atoms with Crippen LogP contribution in [0.4, 0.5) is 5.82 Å². The lowest BCUT2D eigenvalue weighted by Gasteiger charge is -2.09. The van der Waals surface area contributed by atoms with E-state index in [1.807, 2.05) is 44.3 Å². The monoisotopic (exact) mass is 229 g/mol. The first-order valence-electron chi connectivity index (χ1n) is 5.41. The van der Waals surface area contributed by atoms with Gasteiger partial charge in [-0.15, -0.1) is 0 Å². The molecule has 1 aromatic carbocycles. The van der Waals surface area contributed by atoms with Crippen molar-refractivity contribution in [1.82, 2.24) is 9.97 Å². The zero-order valence-electron chi connectivity index (χ0n) is 10.2. The fourth-order valence-corrected chi connectivity index (χ4v) is 1.69. The van der Waals surface area contributed by atoms with Crippen LogP contribution in [-0.2, 0) is 0 Å². The quantitative estimate of drug-likeness (QED) is 0.878. The summed E-state index contributed by atoms with van der Waals surface area (Å²) in [5.74, 6) is 2.35. The maximum Gasteiger partial charge on any atom is 0.130 e.